The number of para-hydroxylation sites is 1. The molecule has 0 bridgehead atoms. The highest BCUT2D eigenvalue weighted by molar-refractivity contribution is 7.97. The molecule has 0 unspecified atom stereocenters. The molecule has 1 aromatic carbocycles. The van der Waals surface area contributed by atoms with E-state index in [1.54, 1.807) is 28.6 Å². The summed E-state index contributed by atoms with van der Waals surface area (Å²) in [7, 11) is 0. The molecule has 3 rings (SSSR count). The van der Waals surface area contributed by atoms with Crippen LogP contribution in [0.5, 0.6) is 0 Å². The number of hydrogen-bond donors (Lipinski definition) is 1. The quantitative estimate of drug-likeness (QED) is 0.936. The van der Waals surface area contributed by atoms with Gasteiger partial charge < -0.3 is 5.32 Å². The zero-order chi connectivity index (χ0) is 13.9. The zero-order valence-electron chi connectivity index (χ0n) is 11.5. The molecule has 1 aliphatic rings. The fraction of sp³-hybridized carbons (Fsp3) is 0.400. The number of rotatable bonds is 3. The zero-order valence-corrected chi connectivity index (χ0v) is 12.3. The molecule has 0 saturated heterocycles. The van der Waals surface area contributed by atoms with Crippen LogP contribution in [0.4, 0.5) is 10.2 Å². The topological polar surface area (TPSA) is 29.9 Å². The van der Waals surface area contributed by atoms with Gasteiger partial charge in [-0.2, -0.15) is 16.9 Å². The van der Waals surface area contributed by atoms with Crippen molar-refractivity contribution in [1.82, 2.24) is 9.78 Å². The van der Waals surface area contributed by atoms with Crippen molar-refractivity contribution in [3.05, 3.63) is 41.3 Å². The number of fused-ring (bicyclic) bond motifs is 1. The fourth-order valence-corrected chi connectivity index (χ4v) is 3.13. The van der Waals surface area contributed by atoms with Crippen molar-refractivity contribution < 1.29 is 4.39 Å². The number of halogens is 1. The van der Waals surface area contributed by atoms with Crippen molar-refractivity contribution in [3.8, 4) is 5.69 Å². The minimum absolute atomic E-state index is 0.237. The van der Waals surface area contributed by atoms with Crippen LogP contribution in [-0.4, -0.2) is 22.6 Å². The Balaban J connectivity index is 2.13. The Hall–Kier alpha value is -1.49. The smallest absolute Gasteiger partial charge is 0.148 e. The Morgan fingerprint density at radius 2 is 2.20 bits per heavy atom. The van der Waals surface area contributed by atoms with Crippen LogP contribution in [0.2, 0.25) is 0 Å². The van der Waals surface area contributed by atoms with Gasteiger partial charge in [-0.05, 0) is 37.7 Å². The van der Waals surface area contributed by atoms with Crippen molar-refractivity contribution in [2.24, 2.45) is 0 Å². The third kappa shape index (κ3) is 2.42. The average Bonchev–Trinajstić information content (AvgIpc) is 2.64. The molecule has 0 radical (unpaired) electrons. The first-order chi connectivity index (χ1) is 9.81. The summed E-state index contributed by atoms with van der Waals surface area (Å²) in [6.45, 7) is 0.922. The number of benzene rings is 1. The van der Waals surface area contributed by atoms with E-state index in [4.69, 9.17) is 0 Å². The Bertz CT molecular complexity index is 609. The van der Waals surface area contributed by atoms with E-state index in [1.165, 1.54) is 11.6 Å². The van der Waals surface area contributed by atoms with Crippen LogP contribution >= 0.6 is 11.8 Å². The molecule has 3 nitrogen and oxygen atoms in total. The van der Waals surface area contributed by atoms with Gasteiger partial charge in [0.05, 0.1) is 5.69 Å². The van der Waals surface area contributed by atoms with E-state index in [0.29, 0.717) is 5.69 Å². The molecule has 1 N–H and O–H groups in total. The largest absolute Gasteiger partial charge is 0.370 e. The molecule has 2 aromatic rings. The molecule has 2 heterocycles. The van der Waals surface area contributed by atoms with E-state index in [1.807, 2.05) is 6.07 Å². The molecule has 0 aliphatic carbocycles. The van der Waals surface area contributed by atoms with Crippen LogP contribution in [0.25, 0.3) is 5.69 Å². The number of nitrogens with one attached hydrogen (secondary N) is 1. The maximum Gasteiger partial charge on any atom is 0.148 e. The van der Waals surface area contributed by atoms with Crippen LogP contribution in [0.15, 0.2) is 24.3 Å². The normalized spacial score (nSPS) is 14.5. The summed E-state index contributed by atoms with van der Waals surface area (Å²) in [5.41, 5.74) is 2.84. The SMILES string of the molecule is CSCc1nn(-c2ccccc2F)c2c1CCCCN2. The first kappa shape index (κ1) is 13.5. The lowest BCUT2D eigenvalue weighted by atomic mass is 10.1. The second-order valence-electron chi connectivity index (χ2n) is 4.95. The summed E-state index contributed by atoms with van der Waals surface area (Å²) in [5.74, 6) is 1.60. The van der Waals surface area contributed by atoms with Gasteiger partial charge in [0.25, 0.3) is 0 Å². The Kier molecular flexibility index (Phi) is 3.96. The van der Waals surface area contributed by atoms with Gasteiger partial charge in [-0.1, -0.05) is 12.1 Å². The number of hydrogen-bond acceptors (Lipinski definition) is 3. The summed E-state index contributed by atoms with van der Waals surface area (Å²) < 4.78 is 15.8. The number of anilines is 1. The van der Waals surface area contributed by atoms with Crippen LogP contribution < -0.4 is 5.32 Å². The molecule has 0 spiro atoms. The molecule has 0 fully saturated rings. The van der Waals surface area contributed by atoms with E-state index < -0.39 is 0 Å². The summed E-state index contributed by atoms with van der Waals surface area (Å²) in [6, 6.07) is 6.81. The third-order valence-electron chi connectivity index (χ3n) is 3.57. The van der Waals surface area contributed by atoms with Crippen molar-refractivity contribution in [1.29, 1.82) is 0 Å². The summed E-state index contributed by atoms with van der Waals surface area (Å²) >= 11 is 1.75. The van der Waals surface area contributed by atoms with Crippen molar-refractivity contribution in [2.45, 2.75) is 25.0 Å². The first-order valence-corrected chi connectivity index (χ1v) is 8.29. The highest BCUT2D eigenvalue weighted by atomic mass is 32.2. The third-order valence-corrected chi connectivity index (χ3v) is 4.14. The molecule has 0 saturated carbocycles. The van der Waals surface area contributed by atoms with Gasteiger partial charge in [-0.3, -0.25) is 0 Å². The molecule has 0 amide bonds. The first-order valence-electron chi connectivity index (χ1n) is 6.89. The molecule has 0 atom stereocenters. The average molecular weight is 291 g/mol. The number of aromatic nitrogens is 2. The van der Waals surface area contributed by atoms with Crippen LogP contribution in [0, 0.1) is 5.82 Å². The number of nitrogens with zero attached hydrogens (tertiary/aromatic N) is 2. The van der Waals surface area contributed by atoms with E-state index in [2.05, 4.69) is 16.7 Å². The van der Waals surface area contributed by atoms with Crippen LogP contribution in [-0.2, 0) is 12.2 Å². The second kappa shape index (κ2) is 5.87. The van der Waals surface area contributed by atoms with Gasteiger partial charge in [0, 0.05) is 17.9 Å². The molecular formula is C15H18FN3S. The Labute approximate surface area is 122 Å². The lowest BCUT2D eigenvalue weighted by Gasteiger charge is -2.09. The summed E-state index contributed by atoms with van der Waals surface area (Å²) in [6.07, 6.45) is 5.39. The number of thioether (sulfide) groups is 1. The van der Waals surface area contributed by atoms with E-state index in [-0.39, 0.29) is 5.82 Å². The van der Waals surface area contributed by atoms with Crippen LogP contribution in [0.3, 0.4) is 0 Å². The lowest BCUT2D eigenvalue weighted by molar-refractivity contribution is 0.610. The van der Waals surface area contributed by atoms with Gasteiger partial charge in [0.1, 0.15) is 17.3 Å². The van der Waals surface area contributed by atoms with Crippen molar-refractivity contribution in [3.63, 3.8) is 0 Å². The van der Waals surface area contributed by atoms with Gasteiger partial charge in [-0.15, -0.1) is 0 Å². The molecule has 5 heteroatoms. The van der Waals surface area contributed by atoms with Crippen LogP contribution in [0.1, 0.15) is 24.1 Å². The minimum Gasteiger partial charge on any atom is -0.370 e. The predicted molar refractivity (Wildman–Crippen MR) is 82.2 cm³/mol. The summed E-state index contributed by atoms with van der Waals surface area (Å²) in [5, 5.41) is 8.07. The predicted octanol–water partition coefficient (Wildman–Crippen LogP) is 3.62. The lowest BCUT2D eigenvalue weighted by Crippen LogP contribution is -2.08. The van der Waals surface area contributed by atoms with E-state index in [0.717, 1.165) is 43.1 Å². The Morgan fingerprint density at radius 3 is 3.00 bits per heavy atom. The van der Waals surface area contributed by atoms with Gasteiger partial charge in [-0.25, -0.2) is 9.07 Å². The van der Waals surface area contributed by atoms with Crippen molar-refractivity contribution >= 4 is 17.6 Å². The van der Waals surface area contributed by atoms with Gasteiger partial charge >= 0.3 is 0 Å². The molecule has 20 heavy (non-hydrogen) atoms. The Morgan fingerprint density at radius 1 is 1.35 bits per heavy atom. The van der Waals surface area contributed by atoms with Crippen molar-refractivity contribution in [2.75, 3.05) is 18.1 Å². The highest BCUT2D eigenvalue weighted by Crippen LogP contribution is 2.30. The maximum atomic E-state index is 14.0. The minimum atomic E-state index is -0.237. The molecule has 1 aromatic heterocycles. The van der Waals surface area contributed by atoms with E-state index >= 15 is 0 Å². The second-order valence-corrected chi connectivity index (χ2v) is 5.82. The monoisotopic (exact) mass is 291 g/mol. The summed E-state index contributed by atoms with van der Waals surface area (Å²) in [4.78, 5) is 0. The fourth-order valence-electron chi connectivity index (χ4n) is 2.62. The molecule has 106 valence electrons. The van der Waals surface area contributed by atoms with Gasteiger partial charge in [0.15, 0.2) is 0 Å². The molecular weight excluding hydrogens is 273 g/mol. The standard InChI is InChI=1S/C15H18FN3S/c1-20-10-13-11-6-4-5-9-17-15(11)19(18-13)14-8-3-2-7-12(14)16/h2-3,7-8,17H,4-6,9-10H2,1H3. The maximum absolute atomic E-state index is 14.0. The van der Waals surface area contributed by atoms with Gasteiger partial charge in [0.2, 0.25) is 0 Å². The highest BCUT2D eigenvalue weighted by Gasteiger charge is 2.21. The van der Waals surface area contributed by atoms with E-state index in [9.17, 15) is 4.39 Å². The molecule has 1 aliphatic heterocycles.